The van der Waals surface area contributed by atoms with Crippen LogP contribution >= 0.6 is 11.3 Å². The van der Waals surface area contributed by atoms with Crippen molar-refractivity contribution >= 4 is 28.5 Å². The second-order valence-corrected chi connectivity index (χ2v) is 7.01. The van der Waals surface area contributed by atoms with Crippen LogP contribution in [-0.2, 0) is 6.54 Å². The quantitative estimate of drug-likeness (QED) is 0.401. The van der Waals surface area contributed by atoms with Gasteiger partial charge in [0.2, 0.25) is 0 Å². The van der Waals surface area contributed by atoms with Crippen molar-refractivity contribution in [1.29, 1.82) is 0 Å². The zero-order valence-corrected chi connectivity index (χ0v) is 15.6. The van der Waals surface area contributed by atoms with Crippen LogP contribution in [0.2, 0.25) is 0 Å². The molecule has 27 heavy (non-hydrogen) atoms. The molecule has 3 rings (SSSR count). The Kier molecular flexibility index (Phi) is 5.41. The van der Waals surface area contributed by atoms with Gasteiger partial charge in [-0.2, -0.15) is 10.2 Å². The third-order valence-electron chi connectivity index (χ3n) is 3.80. The molecule has 2 aromatic heterocycles. The van der Waals surface area contributed by atoms with Gasteiger partial charge in [0.05, 0.1) is 28.3 Å². The van der Waals surface area contributed by atoms with E-state index in [1.54, 1.807) is 18.2 Å². The van der Waals surface area contributed by atoms with Crippen LogP contribution in [0.4, 0.5) is 5.00 Å². The maximum absolute atomic E-state index is 12.1. The van der Waals surface area contributed by atoms with Gasteiger partial charge in [0, 0.05) is 17.3 Å². The number of carbonyl (C=O) groups excluding carboxylic acids is 1. The number of rotatable bonds is 6. The van der Waals surface area contributed by atoms with E-state index in [1.807, 2.05) is 36.7 Å². The van der Waals surface area contributed by atoms with Gasteiger partial charge in [-0.25, -0.2) is 5.43 Å². The first-order valence-electron chi connectivity index (χ1n) is 8.10. The van der Waals surface area contributed by atoms with Crippen LogP contribution < -0.4 is 5.43 Å². The molecule has 8 nitrogen and oxygen atoms in total. The number of aromatic nitrogens is 2. The summed E-state index contributed by atoms with van der Waals surface area (Å²) in [5.74, 6) is -0.352. The van der Waals surface area contributed by atoms with Gasteiger partial charge in [-0.15, -0.1) is 0 Å². The number of hydrogen-bond donors (Lipinski definition) is 1. The molecule has 2 heterocycles. The number of benzene rings is 1. The van der Waals surface area contributed by atoms with Crippen LogP contribution in [-0.4, -0.2) is 26.8 Å². The standard InChI is InChI=1S/C18H17N5O3S/c1-12-9-13(2)22(21-12)11-14-3-5-15(6-4-14)18(24)20-19-10-16-7-8-17(27-16)23(25)26/h3-10H,11H2,1-2H3,(H,20,24)/b19-10-. The highest BCUT2D eigenvalue weighted by Gasteiger charge is 2.09. The average Bonchev–Trinajstić information content (AvgIpc) is 3.22. The number of hydrazone groups is 1. The molecule has 0 bridgehead atoms. The minimum Gasteiger partial charge on any atom is -0.267 e. The first-order chi connectivity index (χ1) is 12.9. The fourth-order valence-corrected chi connectivity index (χ4v) is 3.19. The summed E-state index contributed by atoms with van der Waals surface area (Å²) in [6.07, 6.45) is 1.38. The Morgan fingerprint density at radius 2 is 2.04 bits per heavy atom. The van der Waals surface area contributed by atoms with Gasteiger partial charge in [-0.05, 0) is 43.7 Å². The fraction of sp³-hybridized carbons (Fsp3) is 0.167. The lowest BCUT2D eigenvalue weighted by Gasteiger charge is -2.06. The highest BCUT2D eigenvalue weighted by Crippen LogP contribution is 2.22. The normalized spacial score (nSPS) is 11.0. The van der Waals surface area contributed by atoms with Crippen molar-refractivity contribution in [3.8, 4) is 0 Å². The van der Waals surface area contributed by atoms with Crippen molar-refractivity contribution in [2.45, 2.75) is 20.4 Å². The summed E-state index contributed by atoms with van der Waals surface area (Å²) in [5, 5.41) is 18.9. The number of nitro groups is 1. The zero-order chi connectivity index (χ0) is 19.4. The van der Waals surface area contributed by atoms with Gasteiger partial charge < -0.3 is 0 Å². The summed E-state index contributed by atoms with van der Waals surface area (Å²) in [7, 11) is 0. The SMILES string of the molecule is Cc1cc(C)n(Cc2ccc(C(=O)N/N=C\c3ccc([N+](=O)[O-])s3)cc2)n1. The molecule has 0 atom stereocenters. The lowest BCUT2D eigenvalue weighted by molar-refractivity contribution is -0.380. The topological polar surface area (TPSA) is 102 Å². The molecule has 9 heteroatoms. The lowest BCUT2D eigenvalue weighted by Crippen LogP contribution is -2.17. The largest absolute Gasteiger partial charge is 0.324 e. The summed E-state index contributed by atoms with van der Waals surface area (Å²) < 4.78 is 1.91. The lowest BCUT2D eigenvalue weighted by atomic mass is 10.1. The number of thiophene rings is 1. The number of nitrogens with zero attached hydrogens (tertiary/aromatic N) is 4. The van der Waals surface area contributed by atoms with Gasteiger partial charge >= 0.3 is 5.00 Å². The van der Waals surface area contributed by atoms with Gasteiger partial charge in [0.1, 0.15) is 0 Å². The van der Waals surface area contributed by atoms with Crippen molar-refractivity contribution in [3.05, 3.63) is 80.0 Å². The van der Waals surface area contributed by atoms with E-state index in [9.17, 15) is 14.9 Å². The van der Waals surface area contributed by atoms with Crippen molar-refractivity contribution in [2.24, 2.45) is 5.10 Å². The Morgan fingerprint density at radius 3 is 2.63 bits per heavy atom. The molecule has 0 fully saturated rings. The Labute approximate surface area is 159 Å². The van der Waals surface area contributed by atoms with E-state index in [0.29, 0.717) is 17.0 Å². The second-order valence-electron chi connectivity index (χ2n) is 5.91. The zero-order valence-electron chi connectivity index (χ0n) is 14.7. The van der Waals surface area contributed by atoms with Gasteiger partial charge in [0.15, 0.2) is 0 Å². The van der Waals surface area contributed by atoms with E-state index in [4.69, 9.17) is 0 Å². The molecule has 0 aliphatic carbocycles. The van der Waals surface area contributed by atoms with Gasteiger partial charge in [0.25, 0.3) is 5.91 Å². The molecular weight excluding hydrogens is 366 g/mol. The Balaban J connectivity index is 1.59. The van der Waals surface area contributed by atoms with Crippen LogP contribution in [0.5, 0.6) is 0 Å². The van der Waals surface area contributed by atoms with Crippen molar-refractivity contribution in [3.63, 3.8) is 0 Å². The molecule has 1 N–H and O–H groups in total. The third kappa shape index (κ3) is 4.64. The number of nitrogens with one attached hydrogen (secondary N) is 1. The predicted octanol–water partition coefficient (Wildman–Crippen LogP) is 3.28. The number of aryl methyl sites for hydroxylation is 2. The highest BCUT2D eigenvalue weighted by molar-refractivity contribution is 7.16. The number of hydrogen-bond acceptors (Lipinski definition) is 6. The molecule has 0 unspecified atom stereocenters. The maximum Gasteiger partial charge on any atom is 0.324 e. The van der Waals surface area contributed by atoms with E-state index in [-0.39, 0.29) is 10.9 Å². The first-order valence-corrected chi connectivity index (χ1v) is 8.91. The van der Waals surface area contributed by atoms with Crippen LogP contribution in [0, 0.1) is 24.0 Å². The summed E-state index contributed by atoms with van der Waals surface area (Å²) in [6, 6.07) is 12.2. The summed E-state index contributed by atoms with van der Waals surface area (Å²) in [4.78, 5) is 22.9. The Hall–Kier alpha value is -3.33. The molecule has 0 radical (unpaired) electrons. The molecule has 1 amide bonds. The van der Waals surface area contributed by atoms with Crippen molar-refractivity contribution < 1.29 is 9.72 Å². The molecule has 0 aliphatic heterocycles. The molecule has 138 valence electrons. The maximum atomic E-state index is 12.1. The molecule has 0 spiro atoms. The molecular formula is C18H17N5O3S. The Bertz CT molecular complexity index is 1000. The van der Waals surface area contributed by atoms with Crippen LogP contribution in [0.15, 0.2) is 47.6 Å². The van der Waals surface area contributed by atoms with Crippen LogP contribution in [0.25, 0.3) is 0 Å². The highest BCUT2D eigenvalue weighted by atomic mass is 32.1. The van der Waals surface area contributed by atoms with E-state index < -0.39 is 4.92 Å². The second kappa shape index (κ2) is 7.92. The van der Waals surface area contributed by atoms with Gasteiger partial charge in [-0.1, -0.05) is 23.5 Å². The minimum absolute atomic E-state index is 0.0287. The minimum atomic E-state index is -0.464. The van der Waals surface area contributed by atoms with E-state index in [1.165, 1.54) is 12.3 Å². The monoisotopic (exact) mass is 383 g/mol. The molecule has 0 saturated heterocycles. The number of amides is 1. The summed E-state index contributed by atoms with van der Waals surface area (Å²) >= 11 is 0.986. The van der Waals surface area contributed by atoms with E-state index in [0.717, 1.165) is 28.3 Å². The smallest absolute Gasteiger partial charge is 0.267 e. The fourth-order valence-electron chi connectivity index (χ4n) is 2.50. The first kappa shape index (κ1) is 18.5. The average molecular weight is 383 g/mol. The van der Waals surface area contributed by atoms with E-state index in [2.05, 4.69) is 15.6 Å². The van der Waals surface area contributed by atoms with Crippen molar-refractivity contribution in [1.82, 2.24) is 15.2 Å². The summed E-state index contributed by atoms with van der Waals surface area (Å²) in [6.45, 7) is 4.59. The molecule has 1 aromatic carbocycles. The number of carbonyl (C=O) groups is 1. The van der Waals surface area contributed by atoms with Crippen LogP contribution in [0.3, 0.4) is 0 Å². The van der Waals surface area contributed by atoms with Crippen molar-refractivity contribution in [2.75, 3.05) is 0 Å². The molecule has 0 saturated carbocycles. The van der Waals surface area contributed by atoms with Gasteiger partial charge in [-0.3, -0.25) is 19.6 Å². The third-order valence-corrected chi connectivity index (χ3v) is 4.77. The predicted molar refractivity (Wildman–Crippen MR) is 103 cm³/mol. The van der Waals surface area contributed by atoms with Crippen LogP contribution in [0.1, 0.15) is 32.2 Å². The Morgan fingerprint density at radius 1 is 1.30 bits per heavy atom. The summed E-state index contributed by atoms with van der Waals surface area (Å²) in [5.41, 5.74) is 5.98. The molecule has 0 aliphatic rings. The van der Waals surface area contributed by atoms with E-state index >= 15 is 0 Å². The molecule has 3 aromatic rings.